The predicted octanol–water partition coefficient (Wildman–Crippen LogP) is 4.51. The van der Waals surface area contributed by atoms with Crippen LogP contribution in [0.3, 0.4) is 0 Å². The van der Waals surface area contributed by atoms with Gasteiger partial charge in [0.1, 0.15) is 17.2 Å². The zero-order valence-corrected chi connectivity index (χ0v) is 20.9. The molecule has 0 amide bonds. The largest absolute Gasteiger partial charge is 0.508 e. The minimum Gasteiger partial charge on any atom is -0.508 e. The average molecular weight is 490 g/mol. The molecular weight excluding hydrogens is 450 g/mol. The molecule has 4 rings (SSSR count). The molecule has 0 bridgehead atoms. The molecule has 0 spiro atoms. The molecule has 0 atom stereocenters. The molecule has 0 heterocycles. The lowest BCUT2D eigenvalue weighted by atomic mass is 9.75. The molecule has 0 saturated heterocycles. The molecule has 6 N–H and O–H groups in total. The van der Waals surface area contributed by atoms with Gasteiger partial charge >= 0.3 is 0 Å². The van der Waals surface area contributed by atoms with Crippen molar-refractivity contribution in [3.05, 3.63) is 89.5 Å². The maximum absolute atomic E-state index is 10.1. The molecular formula is C30H39N3O3. The quantitative estimate of drug-likeness (QED) is 0.224. The highest BCUT2D eigenvalue weighted by Crippen LogP contribution is 2.33. The van der Waals surface area contributed by atoms with Crippen molar-refractivity contribution in [1.82, 2.24) is 16.0 Å². The second-order valence-electron chi connectivity index (χ2n) is 10.1. The lowest BCUT2D eigenvalue weighted by Gasteiger charge is -2.35. The number of phenols is 3. The normalized spacial score (nSPS) is 19.8. The average Bonchev–Trinajstić information content (AvgIpc) is 2.87. The van der Waals surface area contributed by atoms with Crippen LogP contribution >= 0.6 is 0 Å². The highest BCUT2D eigenvalue weighted by Gasteiger charge is 2.28. The Morgan fingerprint density at radius 2 is 0.750 bits per heavy atom. The van der Waals surface area contributed by atoms with Gasteiger partial charge in [0.05, 0.1) is 0 Å². The van der Waals surface area contributed by atoms with Crippen LogP contribution in [0.25, 0.3) is 0 Å². The Hall–Kier alpha value is -3.06. The second kappa shape index (κ2) is 13.3. The van der Waals surface area contributed by atoms with E-state index in [4.69, 9.17) is 0 Å². The molecule has 1 aliphatic carbocycles. The van der Waals surface area contributed by atoms with E-state index >= 15 is 0 Å². The number of para-hydroxylation sites is 3. The summed E-state index contributed by atoms with van der Waals surface area (Å²) in [6, 6.07) is 22.5. The van der Waals surface area contributed by atoms with E-state index in [0.29, 0.717) is 54.6 Å². The van der Waals surface area contributed by atoms with E-state index in [1.807, 2.05) is 54.6 Å². The molecule has 1 saturated carbocycles. The van der Waals surface area contributed by atoms with Crippen LogP contribution in [0.15, 0.2) is 72.8 Å². The molecule has 192 valence electrons. The van der Waals surface area contributed by atoms with Crippen LogP contribution in [0.2, 0.25) is 0 Å². The van der Waals surface area contributed by atoms with E-state index < -0.39 is 0 Å². The number of nitrogens with one attached hydrogen (secondary N) is 3. The Labute approximate surface area is 214 Å². The summed E-state index contributed by atoms with van der Waals surface area (Å²) in [6.45, 7) is 4.74. The van der Waals surface area contributed by atoms with Gasteiger partial charge in [0.25, 0.3) is 0 Å². The van der Waals surface area contributed by atoms with Gasteiger partial charge in [-0.05, 0) is 74.8 Å². The molecule has 0 aliphatic heterocycles. The summed E-state index contributed by atoms with van der Waals surface area (Å²) < 4.78 is 0. The Morgan fingerprint density at radius 1 is 0.472 bits per heavy atom. The highest BCUT2D eigenvalue weighted by atomic mass is 16.3. The van der Waals surface area contributed by atoms with Crippen molar-refractivity contribution in [2.24, 2.45) is 17.8 Å². The van der Waals surface area contributed by atoms with Gasteiger partial charge in [0.2, 0.25) is 0 Å². The van der Waals surface area contributed by atoms with Gasteiger partial charge in [-0.15, -0.1) is 0 Å². The van der Waals surface area contributed by atoms with Crippen molar-refractivity contribution in [1.29, 1.82) is 0 Å². The first-order chi connectivity index (χ1) is 17.6. The number of hydrogen-bond acceptors (Lipinski definition) is 6. The summed E-state index contributed by atoms with van der Waals surface area (Å²) in [4.78, 5) is 0. The Morgan fingerprint density at radius 3 is 1.03 bits per heavy atom. The first kappa shape index (κ1) is 26.0. The Bertz CT molecular complexity index is 948. The molecule has 36 heavy (non-hydrogen) atoms. The summed E-state index contributed by atoms with van der Waals surface area (Å²) >= 11 is 0. The minimum atomic E-state index is 0.339. The number of benzene rings is 3. The number of phenolic OH excluding ortho intramolecular Hbond substituents is 3. The number of rotatable bonds is 12. The van der Waals surface area contributed by atoms with E-state index in [-0.39, 0.29) is 0 Å². The molecule has 6 heteroatoms. The SMILES string of the molecule is Oc1ccccc1CNCC1CC(CNCc2ccccc2O)CC(CNCc2ccccc2O)C1. The summed E-state index contributed by atoms with van der Waals surface area (Å²) in [5, 5.41) is 40.9. The topological polar surface area (TPSA) is 96.8 Å². The molecule has 3 aromatic carbocycles. The van der Waals surface area contributed by atoms with E-state index in [2.05, 4.69) is 16.0 Å². The molecule has 0 radical (unpaired) electrons. The van der Waals surface area contributed by atoms with Crippen LogP contribution in [-0.2, 0) is 19.6 Å². The van der Waals surface area contributed by atoms with Crippen molar-refractivity contribution in [3.63, 3.8) is 0 Å². The molecule has 6 nitrogen and oxygen atoms in total. The van der Waals surface area contributed by atoms with Crippen LogP contribution in [0, 0.1) is 17.8 Å². The molecule has 1 aliphatic rings. The zero-order chi connectivity index (χ0) is 25.2. The fourth-order valence-corrected chi connectivity index (χ4v) is 5.42. The molecule has 0 unspecified atom stereocenters. The maximum atomic E-state index is 10.1. The lowest BCUT2D eigenvalue weighted by molar-refractivity contribution is 0.183. The summed E-state index contributed by atoms with van der Waals surface area (Å²) in [6.07, 6.45) is 3.45. The summed E-state index contributed by atoms with van der Waals surface area (Å²) in [5.74, 6) is 2.68. The predicted molar refractivity (Wildman–Crippen MR) is 144 cm³/mol. The molecule has 0 aromatic heterocycles. The van der Waals surface area contributed by atoms with E-state index in [1.54, 1.807) is 18.2 Å². The fourth-order valence-electron chi connectivity index (χ4n) is 5.42. The third-order valence-electron chi connectivity index (χ3n) is 7.22. The first-order valence-electron chi connectivity index (χ1n) is 13.0. The van der Waals surface area contributed by atoms with Gasteiger partial charge in [-0.3, -0.25) is 0 Å². The lowest BCUT2D eigenvalue weighted by Crippen LogP contribution is -2.37. The van der Waals surface area contributed by atoms with E-state index in [0.717, 1.165) is 55.6 Å². The highest BCUT2D eigenvalue weighted by molar-refractivity contribution is 5.32. The van der Waals surface area contributed by atoms with Crippen molar-refractivity contribution in [3.8, 4) is 17.2 Å². The van der Waals surface area contributed by atoms with Crippen LogP contribution in [0.5, 0.6) is 17.2 Å². The van der Waals surface area contributed by atoms with Crippen LogP contribution in [-0.4, -0.2) is 35.0 Å². The Balaban J connectivity index is 1.30. The fraction of sp³-hybridized carbons (Fsp3) is 0.400. The van der Waals surface area contributed by atoms with E-state index in [1.165, 1.54) is 0 Å². The smallest absolute Gasteiger partial charge is 0.120 e. The molecule has 1 fully saturated rings. The summed E-state index contributed by atoms with van der Waals surface area (Å²) in [7, 11) is 0. The third kappa shape index (κ3) is 7.72. The zero-order valence-electron chi connectivity index (χ0n) is 20.9. The second-order valence-corrected chi connectivity index (χ2v) is 10.1. The van der Waals surface area contributed by atoms with Gasteiger partial charge in [-0.1, -0.05) is 54.6 Å². The third-order valence-corrected chi connectivity index (χ3v) is 7.22. The first-order valence-corrected chi connectivity index (χ1v) is 13.0. The van der Waals surface area contributed by atoms with Crippen molar-refractivity contribution >= 4 is 0 Å². The minimum absolute atomic E-state index is 0.339. The number of hydrogen-bond donors (Lipinski definition) is 6. The van der Waals surface area contributed by atoms with Crippen LogP contribution in [0.4, 0.5) is 0 Å². The Kier molecular flexibility index (Phi) is 9.61. The maximum Gasteiger partial charge on any atom is 0.120 e. The van der Waals surface area contributed by atoms with Crippen LogP contribution in [0.1, 0.15) is 36.0 Å². The molecule has 3 aromatic rings. The van der Waals surface area contributed by atoms with Gasteiger partial charge in [-0.25, -0.2) is 0 Å². The van der Waals surface area contributed by atoms with Gasteiger partial charge < -0.3 is 31.3 Å². The summed E-state index contributed by atoms with van der Waals surface area (Å²) in [5.41, 5.74) is 2.78. The standard InChI is InChI=1S/C30H39N3O3/c34-28-10-4-1-7-25(28)19-31-16-22-13-23(17-32-20-26-8-2-5-11-29(26)35)15-24(14-22)18-33-21-27-9-3-6-12-30(27)36/h1-12,22-24,31-36H,13-21H2. The van der Waals surface area contributed by atoms with Gasteiger partial charge in [-0.2, -0.15) is 0 Å². The van der Waals surface area contributed by atoms with Crippen molar-refractivity contribution < 1.29 is 15.3 Å². The van der Waals surface area contributed by atoms with Crippen molar-refractivity contribution in [2.75, 3.05) is 19.6 Å². The van der Waals surface area contributed by atoms with Crippen molar-refractivity contribution in [2.45, 2.75) is 38.9 Å². The van der Waals surface area contributed by atoms with Gasteiger partial charge in [0, 0.05) is 36.3 Å². The van der Waals surface area contributed by atoms with E-state index in [9.17, 15) is 15.3 Å². The monoisotopic (exact) mass is 489 g/mol. The van der Waals surface area contributed by atoms with Gasteiger partial charge in [0.15, 0.2) is 0 Å². The van der Waals surface area contributed by atoms with Crippen LogP contribution < -0.4 is 16.0 Å². The number of aromatic hydroxyl groups is 3.